The second-order valence-corrected chi connectivity index (χ2v) is 4.54. The summed E-state index contributed by atoms with van der Waals surface area (Å²) in [6.45, 7) is 1.55. The molecule has 0 spiro atoms. The molecule has 0 aliphatic rings. The van der Waals surface area contributed by atoms with Crippen LogP contribution in [0.25, 0.3) is 5.65 Å². The van der Waals surface area contributed by atoms with E-state index >= 15 is 0 Å². The minimum atomic E-state index is -4.61. The lowest BCUT2D eigenvalue weighted by Gasteiger charge is -2.07. The molecule has 0 saturated carbocycles. The number of nitrogens with zero attached hydrogens (tertiary/aromatic N) is 5. The normalized spacial score (nSPS) is 11.8. The van der Waals surface area contributed by atoms with E-state index in [2.05, 4.69) is 25.5 Å². The highest BCUT2D eigenvalue weighted by molar-refractivity contribution is 5.93. The fourth-order valence-corrected chi connectivity index (χ4v) is 1.88. The van der Waals surface area contributed by atoms with Crippen molar-refractivity contribution in [2.75, 3.05) is 0 Å². The highest BCUT2D eigenvalue weighted by Gasteiger charge is 2.34. The van der Waals surface area contributed by atoms with Gasteiger partial charge in [0.1, 0.15) is 5.69 Å². The van der Waals surface area contributed by atoms with Crippen LogP contribution in [-0.4, -0.2) is 30.6 Å². The third-order valence-electron chi connectivity index (χ3n) is 2.86. The van der Waals surface area contributed by atoms with E-state index < -0.39 is 17.8 Å². The molecule has 11 heteroatoms. The number of aromatic nitrogens is 5. The van der Waals surface area contributed by atoms with E-state index in [1.165, 1.54) is 0 Å². The molecule has 8 nitrogen and oxygen atoms in total. The summed E-state index contributed by atoms with van der Waals surface area (Å²) in [6, 6.07) is 1.94. The Labute approximate surface area is 126 Å². The predicted octanol–water partition coefficient (Wildman–Crippen LogP) is 1.37. The second-order valence-electron chi connectivity index (χ2n) is 4.54. The van der Waals surface area contributed by atoms with Gasteiger partial charge < -0.3 is 9.84 Å². The number of alkyl halides is 3. The Hall–Kier alpha value is -2.98. The number of carbonyl (C=O) groups is 1. The van der Waals surface area contributed by atoms with Gasteiger partial charge >= 0.3 is 6.18 Å². The van der Waals surface area contributed by atoms with Crippen molar-refractivity contribution >= 4 is 11.6 Å². The number of aryl methyl sites for hydroxylation is 1. The monoisotopic (exact) mass is 326 g/mol. The van der Waals surface area contributed by atoms with Gasteiger partial charge in [0.15, 0.2) is 17.2 Å². The topological polar surface area (TPSA) is 98.2 Å². The Morgan fingerprint density at radius 2 is 2.22 bits per heavy atom. The fourth-order valence-electron chi connectivity index (χ4n) is 1.88. The molecule has 0 unspecified atom stereocenters. The van der Waals surface area contributed by atoms with E-state index in [1.807, 2.05) is 0 Å². The smallest absolute Gasteiger partial charge is 0.343 e. The SMILES string of the molecule is Cc1nc(CNC(=O)c2cc3nccc(C(F)(F)F)n3n2)no1. The average molecular weight is 326 g/mol. The van der Waals surface area contributed by atoms with Gasteiger partial charge in [-0.05, 0) is 6.07 Å². The lowest BCUT2D eigenvalue weighted by atomic mass is 10.4. The number of rotatable bonds is 3. The van der Waals surface area contributed by atoms with Crippen LogP contribution < -0.4 is 5.32 Å². The molecule has 3 aromatic heterocycles. The Kier molecular flexibility index (Phi) is 3.47. The van der Waals surface area contributed by atoms with E-state index in [0.717, 1.165) is 18.3 Å². The number of fused-ring (bicyclic) bond motifs is 1. The molecular weight excluding hydrogens is 317 g/mol. The van der Waals surface area contributed by atoms with Crippen LogP contribution in [-0.2, 0) is 12.7 Å². The Bertz CT molecular complexity index is 869. The van der Waals surface area contributed by atoms with Gasteiger partial charge in [-0.25, -0.2) is 9.50 Å². The minimum absolute atomic E-state index is 0.0381. The quantitative estimate of drug-likeness (QED) is 0.780. The zero-order valence-corrected chi connectivity index (χ0v) is 11.6. The molecule has 3 heterocycles. The summed E-state index contributed by atoms with van der Waals surface area (Å²) < 4.78 is 44.0. The van der Waals surface area contributed by atoms with E-state index in [1.54, 1.807) is 6.92 Å². The Morgan fingerprint density at radius 3 is 2.87 bits per heavy atom. The standard InChI is InChI=1S/C12H9F3N6O2/c1-6-18-9(20-23-6)5-17-11(22)7-4-10-16-3-2-8(12(13,14)15)21(10)19-7/h2-4H,5H2,1H3,(H,17,22). The molecule has 0 aliphatic heterocycles. The van der Waals surface area contributed by atoms with Gasteiger partial charge in [-0.1, -0.05) is 5.16 Å². The molecule has 0 aliphatic carbocycles. The summed E-state index contributed by atoms with van der Waals surface area (Å²) in [5.41, 5.74) is -1.30. The first-order chi connectivity index (χ1) is 10.8. The van der Waals surface area contributed by atoms with Crippen LogP contribution in [0.2, 0.25) is 0 Å². The highest BCUT2D eigenvalue weighted by atomic mass is 19.4. The summed E-state index contributed by atoms with van der Waals surface area (Å²) in [5.74, 6) is -0.0965. The van der Waals surface area contributed by atoms with Gasteiger partial charge in [-0.3, -0.25) is 4.79 Å². The summed E-state index contributed by atoms with van der Waals surface area (Å²) in [6.07, 6.45) is -3.60. The number of hydrogen-bond acceptors (Lipinski definition) is 6. The molecule has 3 rings (SSSR count). The van der Waals surface area contributed by atoms with E-state index in [4.69, 9.17) is 4.52 Å². The molecule has 0 radical (unpaired) electrons. The largest absolute Gasteiger partial charge is 0.433 e. The molecule has 0 saturated heterocycles. The van der Waals surface area contributed by atoms with Crippen molar-refractivity contribution in [2.24, 2.45) is 0 Å². The van der Waals surface area contributed by atoms with Crippen LogP contribution in [0.15, 0.2) is 22.9 Å². The lowest BCUT2D eigenvalue weighted by Crippen LogP contribution is -2.24. The Morgan fingerprint density at radius 1 is 1.43 bits per heavy atom. The summed E-state index contributed by atoms with van der Waals surface area (Å²) in [4.78, 5) is 19.6. The van der Waals surface area contributed by atoms with Crippen LogP contribution in [0.5, 0.6) is 0 Å². The number of carbonyl (C=O) groups excluding carboxylic acids is 1. The van der Waals surface area contributed by atoms with Crippen molar-refractivity contribution < 1.29 is 22.5 Å². The molecule has 3 aromatic rings. The van der Waals surface area contributed by atoms with Crippen molar-refractivity contribution in [1.82, 2.24) is 30.1 Å². The number of nitrogens with one attached hydrogen (secondary N) is 1. The molecule has 0 bridgehead atoms. The van der Waals surface area contributed by atoms with Crippen molar-refractivity contribution in [1.29, 1.82) is 0 Å². The third-order valence-corrected chi connectivity index (χ3v) is 2.86. The zero-order chi connectivity index (χ0) is 16.6. The maximum Gasteiger partial charge on any atom is 0.433 e. The third kappa shape index (κ3) is 2.98. The maximum absolute atomic E-state index is 12.9. The maximum atomic E-state index is 12.9. The van der Waals surface area contributed by atoms with Gasteiger partial charge in [-0.15, -0.1) is 0 Å². The first kappa shape index (κ1) is 14.9. The Balaban J connectivity index is 1.84. The van der Waals surface area contributed by atoms with Crippen molar-refractivity contribution in [3.05, 3.63) is 41.4 Å². The zero-order valence-electron chi connectivity index (χ0n) is 11.6. The lowest BCUT2D eigenvalue weighted by molar-refractivity contribution is -0.142. The van der Waals surface area contributed by atoms with Gasteiger partial charge in [0.25, 0.3) is 5.91 Å². The molecular formula is C12H9F3N6O2. The van der Waals surface area contributed by atoms with Gasteiger partial charge in [0.05, 0.1) is 6.54 Å². The van der Waals surface area contributed by atoms with E-state index in [9.17, 15) is 18.0 Å². The molecule has 0 aromatic carbocycles. The fraction of sp³-hybridized carbons (Fsp3) is 0.250. The van der Waals surface area contributed by atoms with Gasteiger partial charge in [0, 0.05) is 19.2 Å². The number of amides is 1. The van der Waals surface area contributed by atoms with Crippen molar-refractivity contribution in [3.63, 3.8) is 0 Å². The van der Waals surface area contributed by atoms with Crippen LogP contribution in [0.1, 0.15) is 27.9 Å². The van der Waals surface area contributed by atoms with Gasteiger partial charge in [-0.2, -0.15) is 23.3 Å². The molecule has 23 heavy (non-hydrogen) atoms. The summed E-state index contributed by atoms with van der Waals surface area (Å²) in [7, 11) is 0. The summed E-state index contributed by atoms with van der Waals surface area (Å²) in [5, 5.41) is 9.68. The number of hydrogen-bond donors (Lipinski definition) is 1. The van der Waals surface area contributed by atoms with Crippen molar-refractivity contribution in [2.45, 2.75) is 19.6 Å². The second kappa shape index (κ2) is 5.34. The van der Waals surface area contributed by atoms with Crippen LogP contribution in [0, 0.1) is 6.92 Å². The molecule has 1 N–H and O–H groups in total. The highest BCUT2D eigenvalue weighted by Crippen LogP contribution is 2.28. The minimum Gasteiger partial charge on any atom is -0.343 e. The summed E-state index contributed by atoms with van der Waals surface area (Å²) >= 11 is 0. The van der Waals surface area contributed by atoms with Crippen molar-refractivity contribution in [3.8, 4) is 0 Å². The molecule has 0 atom stereocenters. The first-order valence-electron chi connectivity index (χ1n) is 6.34. The molecule has 1 amide bonds. The number of halogens is 3. The molecule has 120 valence electrons. The van der Waals surface area contributed by atoms with Crippen LogP contribution in [0.3, 0.4) is 0 Å². The predicted molar refractivity (Wildman–Crippen MR) is 68.2 cm³/mol. The van der Waals surface area contributed by atoms with E-state index in [0.29, 0.717) is 10.4 Å². The van der Waals surface area contributed by atoms with Crippen LogP contribution in [0.4, 0.5) is 13.2 Å². The average Bonchev–Trinajstić information content (AvgIpc) is 3.09. The molecule has 0 fully saturated rings. The first-order valence-corrected chi connectivity index (χ1v) is 6.34. The van der Waals surface area contributed by atoms with E-state index in [-0.39, 0.29) is 23.7 Å². The van der Waals surface area contributed by atoms with Gasteiger partial charge in [0.2, 0.25) is 5.89 Å². The van der Waals surface area contributed by atoms with Crippen LogP contribution >= 0.6 is 0 Å².